The molecule has 0 atom stereocenters. The summed E-state index contributed by atoms with van der Waals surface area (Å²) in [6.45, 7) is 7.08. The Morgan fingerprint density at radius 2 is 2.00 bits per heavy atom. The Bertz CT molecular complexity index is 768. The number of nitrogens with zero attached hydrogens (tertiary/aromatic N) is 4. The minimum Gasteiger partial charge on any atom is -0.472 e. The summed E-state index contributed by atoms with van der Waals surface area (Å²) in [5.41, 5.74) is 1.43. The van der Waals surface area contributed by atoms with Crippen LogP contribution in [0.3, 0.4) is 0 Å². The third-order valence-electron chi connectivity index (χ3n) is 4.70. The van der Waals surface area contributed by atoms with Gasteiger partial charge in [0.25, 0.3) is 5.91 Å². The number of urea groups is 1. The largest absolute Gasteiger partial charge is 0.472 e. The SMILES string of the molecule is CCCCn1nc(C)cc1NC(=O)N1CCCN(C(=O)c2ccoc2)CC1. The smallest absolute Gasteiger partial charge is 0.323 e. The second kappa shape index (κ2) is 8.75. The first-order valence-corrected chi connectivity index (χ1v) is 9.50. The van der Waals surface area contributed by atoms with Gasteiger partial charge in [-0.1, -0.05) is 13.3 Å². The van der Waals surface area contributed by atoms with Crippen LogP contribution >= 0.6 is 0 Å². The van der Waals surface area contributed by atoms with E-state index in [1.165, 1.54) is 12.5 Å². The van der Waals surface area contributed by atoms with Gasteiger partial charge in [-0.05, 0) is 25.8 Å². The quantitative estimate of drug-likeness (QED) is 0.873. The number of anilines is 1. The van der Waals surface area contributed by atoms with Crippen molar-refractivity contribution >= 4 is 17.8 Å². The van der Waals surface area contributed by atoms with Gasteiger partial charge in [0.15, 0.2) is 0 Å². The van der Waals surface area contributed by atoms with Gasteiger partial charge in [0, 0.05) is 38.8 Å². The molecule has 0 spiro atoms. The molecule has 2 aromatic heterocycles. The van der Waals surface area contributed by atoms with Crippen molar-refractivity contribution in [2.75, 3.05) is 31.5 Å². The molecule has 1 aliphatic rings. The molecule has 0 aromatic carbocycles. The molecular formula is C19H27N5O3. The van der Waals surface area contributed by atoms with Gasteiger partial charge in [-0.3, -0.25) is 10.1 Å². The topological polar surface area (TPSA) is 83.6 Å². The average molecular weight is 373 g/mol. The molecule has 3 heterocycles. The van der Waals surface area contributed by atoms with E-state index in [2.05, 4.69) is 17.3 Å². The van der Waals surface area contributed by atoms with Crippen LogP contribution in [0.5, 0.6) is 0 Å². The normalized spacial score (nSPS) is 14.9. The Morgan fingerprint density at radius 3 is 2.74 bits per heavy atom. The first-order valence-electron chi connectivity index (χ1n) is 9.50. The van der Waals surface area contributed by atoms with Crippen molar-refractivity contribution in [2.45, 2.75) is 39.7 Å². The van der Waals surface area contributed by atoms with E-state index >= 15 is 0 Å². The van der Waals surface area contributed by atoms with E-state index in [0.29, 0.717) is 31.7 Å². The number of furan rings is 1. The summed E-state index contributed by atoms with van der Waals surface area (Å²) in [7, 11) is 0. The van der Waals surface area contributed by atoms with Gasteiger partial charge in [0.1, 0.15) is 12.1 Å². The van der Waals surface area contributed by atoms with Crippen LogP contribution in [-0.2, 0) is 6.54 Å². The summed E-state index contributed by atoms with van der Waals surface area (Å²) in [5.74, 6) is 0.667. The summed E-state index contributed by atoms with van der Waals surface area (Å²) in [6.07, 6.45) is 5.77. The molecule has 1 saturated heterocycles. The van der Waals surface area contributed by atoms with Crippen molar-refractivity contribution in [1.82, 2.24) is 19.6 Å². The summed E-state index contributed by atoms with van der Waals surface area (Å²) >= 11 is 0. The Kier molecular flexibility index (Phi) is 6.16. The Morgan fingerprint density at radius 1 is 1.22 bits per heavy atom. The first kappa shape index (κ1) is 19.0. The Labute approximate surface area is 159 Å². The Hall–Kier alpha value is -2.77. The summed E-state index contributed by atoms with van der Waals surface area (Å²) < 4.78 is 6.84. The van der Waals surface area contributed by atoms with Crippen LogP contribution < -0.4 is 5.32 Å². The summed E-state index contributed by atoms with van der Waals surface area (Å²) in [4.78, 5) is 28.7. The molecule has 0 unspecified atom stereocenters. The van der Waals surface area contributed by atoms with Gasteiger partial charge in [-0.25, -0.2) is 9.48 Å². The maximum Gasteiger partial charge on any atom is 0.323 e. The van der Waals surface area contributed by atoms with Gasteiger partial charge in [-0.2, -0.15) is 5.10 Å². The zero-order valence-electron chi connectivity index (χ0n) is 16.0. The number of rotatable bonds is 5. The molecule has 3 amide bonds. The molecule has 0 aliphatic carbocycles. The lowest BCUT2D eigenvalue weighted by atomic mass is 10.3. The minimum atomic E-state index is -0.148. The van der Waals surface area contributed by atoms with E-state index in [1.54, 1.807) is 15.9 Å². The van der Waals surface area contributed by atoms with Crippen LogP contribution in [0.4, 0.5) is 10.6 Å². The van der Waals surface area contributed by atoms with Gasteiger partial charge >= 0.3 is 6.03 Å². The van der Waals surface area contributed by atoms with Crippen LogP contribution in [0.25, 0.3) is 0 Å². The molecule has 0 radical (unpaired) electrons. The number of carbonyl (C=O) groups is 2. The second-order valence-electron chi connectivity index (χ2n) is 6.82. The lowest BCUT2D eigenvalue weighted by molar-refractivity contribution is 0.0762. The van der Waals surface area contributed by atoms with Crippen molar-refractivity contribution < 1.29 is 14.0 Å². The van der Waals surface area contributed by atoms with Gasteiger partial charge in [0.2, 0.25) is 0 Å². The lowest BCUT2D eigenvalue weighted by Gasteiger charge is -2.22. The maximum absolute atomic E-state index is 12.7. The molecule has 1 aliphatic heterocycles. The zero-order chi connectivity index (χ0) is 19.2. The summed E-state index contributed by atoms with van der Waals surface area (Å²) in [5, 5.41) is 7.43. The van der Waals surface area contributed by atoms with Crippen molar-refractivity contribution in [3.8, 4) is 0 Å². The highest BCUT2D eigenvalue weighted by atomic mass is 16.3. The molecule has 3 rings (SSSR count). The number of hydrogen-bond acceptors (Lipinski definition) is 4. The average Bonchev–Trinajstić information content (AvgIpc) is 3.23. The third-order valence-corrected chi connectivity index (χ3v) is 4.70. The maximum atomic E-state index is 12.7. The predicted molar refractivity (Wildman–Crippen MR) is 102 cm³/mol. The van der Waals surface area contributed by atoms with E-state index in [-0.39, 0.29) is 11.9 Å². The van der Waals surface area contributed by atoms with Crippen molar-refractivity contribution in [1.29, 1.82) is 0 Å². The Balaban J connectivity index is 1.59. The standard InChI is InChI=1S/C19H27N5O3/c1-3-4-9-24-17(13-15(2)21-24)20-19(26)23-8-5-7-22(10-11-23)18(25)16-6-12-27-14-16/h6,12-14H,3-5,7-11H2,1-2H3,(H,20,26). The number of hydrogen-bond donors (Lipinski definition) is 1. The predicted octanol–water partition coefficient (Wildman–Crippen LogP) is 2.96. The lowest BCUT2D eigenvalue weighted by Crippen LogP contribution is -2.39. The zero-order valence-corrected chi connectivity index (χ0v) is 16.0. The first-order chi connectivity index (χ1) is 13.1. The van der Waals surface area contributed by atoms with E-state index in [9.17, 15) is 9.59 Å². The molecule has 0 bridgehead atoms. The second-order valence-corrected chi connectivity index (χ2v) is 6.82. The van der Waals surface area contributed by atoms with Crippen LogP contribution in [0.1, 0.15) is 42.2 Å². The summed E-state index contributed by atoms with van der Waals surface area (Å²) in [6, 6.07) is 3.41. The van der Waals surface area contributed by atoms with E-state index in [4.69, 9.17) is 4.42 Å². The molecule has 1 fully saturated rings. The highest BCUT2D eigenvalue weighted by Gasteiger charge is 2.24. The minimum absolute atomic E-state index is 0.0562. The number of aromatic nitrogens is 2. The number of unbranched alkanes of at least 4 members (excludes halogenated alkanes) is 1. The van der Waals surface area contributed by atoms with E-state index < -0.39 is 0 Å². The van der Waals surface area contributed by atoms with Crippen molar-refractivity contribution in [3.63, 3.8) is 0 Å². The van der Waals surface area contributed by atoms with Gasteiger partial charge < -0.3 is 14.2 Å². The molecule has 0 saturated carbocycles. The molecule has 1 N–H and O–H groups in total. The third kappa shape index (κ3) is 4.69. The number of nitrogens with one attached hydrogen (secondary N) is 1. The number of aryl methyl sites for hydroxylation is 2. The van der Waals surface area contributed by atoms with Crippen molar-refractivity contribution in [2.24, 2.45) is 0 Å². The van der Waals surface area contributed by atoms with Crippen LogP contribution in [-0.4, -0.2) is 57.7 Å². The number of carbonyl (C=O) groups excluding carboxylic acids is 2. The molecule has 2 aromatic rings. The molecule has 146 valence electrons. The molecule has 27 heavy (non-hydrogen) atoms. The van der Waals surface area contributed by atoms with Gasteiger partial charge in [-0.15, -0.1) is 0 Å². The van der Waals surface area contributed by atoms with Gasteiger partial charge in [0.05, 0.1) is 17.5 Å². The number of amides is 3. The van der Waals surface area contributed by atoms with Crippen LogP contribution in [0.15, 0.2) is 29.1 Å². The molecular weight excluding hydrogens is 346 g/mol. The fraction of sp³-hybridized carbons (Fsp3) is 0.526. The van der Waals surface area contributed by atoms with Crippen LogP contribution in [0, 0.1) is 6.92 Å². The molecule has 8 nitrogen and oxygen atoms in total. The van der Waals surface area contributed by atoms with Crippen LogP contribution in [0.2, 0.25) is 0 Å². The van der Waals surface area contributed by atoms with E-state index in [1.807, 2.05) is 17.7 Å². The fourth-order valence-electron chi connectivity index (χ4n) is 3.21. The molecule has 8 heteroatoms. The fourth-order valence-corrected chi connectivity index (χ4v) is 3.21. The highest BCUT2D eigenvalue weighted by Crippen LogP contribution is 2.14. The monoisotopic (exact) mass is 373 g/mol. The van der Waals surface area contributed by atoms with Crippen molar-refractivity contribution in [3.05, 3.63) is 35.9 Å². The highest BCUT2D eigenvalue weighted by molar-refractivity contribution is 5.94. The van der Waals surface area contributed by atoms with E-state index in [0.717, 1.165) is 37.3 Å².